The van der Waals surface area contributed by atoms with Gasteiger partial charge in [0.2, 0.25) is 0 Å². The van der Waals surface area contributed by atoms with Gasteiger partial charge in [-0.2, -0.15) is 0 Å². The number of hydrogen-bond donors (Lipinski definition) is 0. The molecular formula is C20H22N2OS. The molecule has 0 radical (unpaired) electrons. The highest BCUT2D eigenvalue weighted by molar-refractivity contribution is 7.81. The molecular weight excluding hydrogens is 316 g/mol. The molecule has 0 aliphatic carbocycles. The lowest BCUT2D eigenvalue weighted by atomic mass is 10.1. The van der Waals surface area contributed by atoms with Crippen LogP contribution < -0.4 is 4.90 Å². The van der Waals surface area contributed by atoms with Crippen molar-refractivity contribution in [3.63, 3.8) is 0 Å². The molecule has 1 saturated heterocycles. The van der Waals surface area contributed by atoms with Gasteiger partial charge in [0.1, 0.15) is 4.99 Å². The number of ether oxygens (including phenoxy) is 1. The molecule has 0 spiro atoms. The number of anilines is 1. The molecule has 124 valence electrons. The summed E-state index contributed by atoms with van der Waals surface area (Å²) in [7, 11) is 2.06. The molecule has 1 aliphatic heterocycles. The normalized spacial score (nSPS) is 15.2. The quantitative estimate of drug-likeness (QED) is 0.622. The van der Waals surface area contributed by atoms with Crippen LogP contribution in [0.25, 0.3) is 5.57 Å². The average molecular weight is 338 g/mol. The van der Waals surface area contributed by atoms with Gasteiger partial charge in [-0.3, -0.25) is 0 Å². The van der Waals surface area contributed by atoms with Crippen molar-refractivity contribution in [2.75, 3.05) is 38.3 Å². The number of para-hydroxylation sites is 1. The molecule has 1 aliphatic rings. The van der Waals surface area contributed by atoms with Gasteiger partial charge < -0.3 is 14.5 Å². The summed E-state index contributed by atoms with van der Waals surface area (Å²) in [6.07, 6.45) is 2.13. The second kappa shape index (κ2) is 8.08. The molecule has 2 aromatic carbocycles. The second-order valence-electron chi connectivity index (χ2n) is 5.76. The zero-order chi connectivity index (χ0) is 16.8. The first-order valence-corrected chi connectivity index (χ1v) is 8.58. The molecule has 24 heavy (non-hydrogen) atoms. The van der Waals surface area contributed by atoms with Crippen molar-refractivity contribution < 1.29 is 4.74 Å². The minimum absolute atomic E-state index is 0.733. The van der Waals surface area contributed by atoms with Crippen LogP contribution in [0.15, 0.2) is 66.9 Å². The molecule has 0 atom stereocenters. The van der Waals surface area contributed by atoms with Gasteiger partial charge in [-0.1, -0.05) is 60.7 Å². The van der Waals surface area contributed by atoms with E-state index in [-0.39, 0.29) is 0 Å². The minimum atomic E-state index is 0.733. The van der Waals surface area contributed by atoms with E-state index >= 15 is 0 Å². The van der Waals surface area contributed by atoms with E-state index in [0.717, 1.165) is 48.1 Å². The molecule has 0 N–H and O–H groups in total. The summed E-state index contributed by atoms with van der Waals surface area (Å²) in [5.74, 6) is 0. The summed E-state index contributed by atoms with van der Waals surface area (Å²) in [5.41, 5.74) is 3.34. The Morgan fingerprint density at radius 2 is 1.58 bits per heavy atom. The van der Waals surface area contributed by atoms with Crippen molar-refractivity contribution in [3.05, 3.63) is 72.4 Å². The average Bonchev–Trinajstić information content (AvgIpc) is 2.67. The SMILES string of the molecule is CN(C=C(C(=S)N1CCOCC1)c1ccccc1)c1ccccc1. The van der Waals surface area contributed by atoms with Crippen molar-refractivity contribution in [1.82, 2.24) is 4.90 Å². The van der Waals surface area contributed by atoms with Crippen LogP contribution in [0.5, 0.6) is 0 Å². The summed E-state index contributed by atoms with van der Waals surface area (Å²) in [6, 6.07) is 20.6. The number of nitrogens with zero attached hydrogens (tertiary/aromatic N) is 2. The van der Waals surface area contributed by atoms with E-state index in [4.69, 9.17) is 17.0 Å². The molecule has 4 heteroatoms. The summed E-state index contributed by atoms with van der Waals surface area (Å²) >= 11 is 5.82. The third-order valence-corrected chi connectivity index (χ3v) is 4.58. The van der Waals surface area contributed by atoms with E-state index in [9.17, 15) is 0 Å². The molecule has 0 amide bonds. The maximum absolute atomic E-state index is 5.82. The Kier molecular flexibility index (Phi) is 5.62. The Bertz CT molecular complexity index is 694. The lowest BCUT2D eigenvalue weighted by Gasteiger charge is -2.31. The highest BCUT2D eigenvalue weighted by atomic mass is 32.1. The molecule has 0 aromatic heterocycles. The second-order valence-corrected chi connectivity index (χ2v) is 6.15. The molecule has 0 bridgehead atoms. The smallest absolute Gasteiger partial charge is 0.111 e. The number of benzene rings is 2. The van der Waals surface area contributed by atoms with Gasteiger partial charge >= 0.3 is 0 Å². The number of thiocarbonyl (C=S) groups is 1. The van der Waals surface area contributed by atoms with Crippen LogP contribution in [0.4, 0.5) is 5.69 Å². The van der Waals surface area contributed by atoms with Gasteiger partial charge in [0.15, 0.2) is 0 Å². The maximum Gasteiger partial charge on any atom is 0.111 e. The van der Waals surface area contributed by atoms with Crippen molar-refractivity contribution >= 4 is 28.5 Å². The van der Waals surface area contributed by atoms with Crippen LogP contribution >= 0.6 is 12.2 Å². The summed E-state index contributed by atoms with van der Waals surface area (Å²) < 4.78 is 5.45. The Labute approximate surface area is 149 Å². The number of morpholine rings is 1. The minimum Gasteiger partial charge on any atom is -0.378 e. The van der Waals surface area contributed by atoms with E-state index in [1.807, 2.05) is 36.4 Å². The first-order chi connectivity index (χ1) is 11.8. The van der Waals surface area contributed by atoms with Crippen LogP contribution in [0.1, 0.15) is 5.56 Å². The van der Waals surface area contributed by atoms with Crippen LogP contribution in [-0.4, -0.2) is 43.2 Å². The van der Waals surface area contributed by atoms with Crippen LogP contribution in [-0.2, 0) is 4.74 Å². The molecule has 1 heterocycles. The van der Waals surface area contributed by atoms with Crippen LogP contribution in [0.2, 0.25) is 0 Å². The Morgan fingerprint density at radius 3 is 2.21 bits per heavy atom. The van der Waals surface area contributed by atoms with Crippen LogP contribution in [0.3, 0.4) is 0 Å². The highest BCUT2D eigenvalue weighted by Gasteiger charge is 2.19. The fourth-order valence-corrected chi connectivity index (χ4v) is 3.09. The van der Waals surface area contributed by atoms with Gasteiger partial charge in [-0.15, -0.1) is 0 Å². The topological polar surface area (TPSA) is 15.7 Å². The highest BCUT2D eigenvalue weighted by Crippen LogP contribution is 2.22. The zero-order valence-corrected chi connectivity index (χ0v) is 14.7. The Morgan fingerprint density at radius 1 is 1.00 bits per heavy atom. The van der Waals surface area contributed by atoms with Crippen molar-refractivity contribution in [2.45, 2.75) is 0 Å². The van der Waals surface area contributed by atoms with Gasteiger partial charge in [-0.25, -0.2) is 0 Å². The number of hydrogen-bond acceptors (Lipinski definition) is 3. The van der Waals surface area contributed by atoms with E-state index in [0.29, 0.717) is 0 Å². The third-order valence-electron chi connectivity index (χ3n) is 4.10. The third kappa shape index (κ3) is 4.02. The van der Waals surface area contributed by atoms with Gasteiger partial charge in [0, 0.05) is 37.6 Å². The monoisotopic (exact) mass is 338 g/mol. The first-order valence-electron chi connectivity index (χ1n) is 8.18. The molecule has 0 unspecified atom stereocenters. The summed E-state index contributed by atoms with van der Waals surface area (Å²) in [4.78, 5) is 5.23. The van der Waals surface area contributed by atoms with E-state index in [1.54, 1.807) is 0 Å². The lowest BCUT2D eigenvalue weighted by molar-refractivity contribution is 0.0696. The molecule has 1 fully saturated rings. The van der Waals surface area contributed by atoms with E-state index < -0.39 is 0 Å². The first kappa shape index (κ1) is 16.7. The fourth-order valence-electron chi connectivity index (χ4n) is 2.74. The fraction of sp³-hybridized carbons (Fsp3) is 0.250. The van der Waals surface area contributed by atoms with Gasteiger partial charge in [-0.05, 0) is 17.7 Å². The van der Waals surface area contributed by atoms with Crippen molar-refractivity contribution in [1.29, 1.82) is 0 Å². The predicted molar refractivity (Wildman–Crippen MR) is 104 cm³/mol. The molecule has 0 saturated carbocycles. The molecule has 3 rings (SSSR count). The maximum atomic E-state index is 5.82. The standard InChI is InChI=1S/C20H22N2OS/c1-21(18-10-6-3-7-11-18)16-19(17-8-4-2-5-9-17)20(24)22-12-14-23-15-13-22/h2-11,16H,12-15H2,1H3. The molecule has 3 nitrogen and oxygen atoms in total. The molecule has 2 aromatic rings. The van der Waals surface area contributed by atoms with Gasteiger partial charge in [0.05, 0.1) is 13.2 Å². The largest absolute Gasteiger partial charge is 0.378 e. The van der Waals surface area contributed by atoms with Crippen LogP contribution in [0, 0.1) is 0 Å². The van der Waals surface area contributed by atoms with Crippen molar-refractivity contribution in [2.24, 2.45) is 0 Å². The van der Waals surface area contributed by atoms with Crippen molar-refractivity contribution in [3.8, 4) is 0 Å². The Balaban J connectivity index is 1.93. The number of rotatable bonds is 4. The summed E-state index contributed by atoms with van der Waals surface area (Å²) in [5, 5.41) is 0. The van der Waals surface area contributed by atoms with E-state index in [1.165, 1.54) is 0 Å². The van der Waals surface area contributed by atoms with E-state index in [2.05, 4.69) is 47.3 Å². The predicted octanol–water partition coefficient (Wildman–Crippen LogP) is 3.82. The lowest BCUT2D eigenvalue weighted by Crippen LogP contribution is -2.40. The summed E-state index contributed by atoms with van der Waals surface area (Å²) in [6.45, 7) is 3.16. The Hall–Kier alpha value is -2.17. The zero-order valence-electron chi connectivity index (χ0n) is 13.9. The van der Waals surface area contributed by atoms with Gasteiger partial charge in [0.25, 0.3) is 0 Å².